The molecule has 3 atom stereocenters. The molecule has 28 heavy (non-hydrogen) atoms. The van der Waals surface area contributed by atoms with Crippen LogP contribution in [0.3, 0.4) is 0 Å². The Hall–Kier alpha value is -2.51. The van der Waals surface area contributed by atoms with Crippen molar-refractivity contribution in [1.82, 2.24) is 10.3 Å². The number of aromatic nitrogens is 1. The van der Waals surface area contributed by atoms with Crippen molar-refractivity contribution >= 4 is 24.1 Å². The summed E-state index contributed by atoms with van der Waals surface area (Å²) in [4.78, 5) is 28.3. The quantitative estimate of drug-likeness (QED) is 0.607. The predicted octanol–water partition coefficient (Wildman–Crippen LogP) is 2.08. The number of halogens is 1. The van der Waals surface area contributed by atoms with Crippen LogP contribution < -0.4 is 15.8 Å². The summed E-state index contributed by atoms with van der Waals surface area (Å²) in [5, 5.41) is 22.8. The summed E-state index contributed by atoms with van der Waals surface area (Å²) in [7, 11) is 2.01. The van der Waals surface area contributed by atoms with E-state index in [0.29, 0.717) is 23.7 Å². The van der Waals surface area contributed by atoms with Crippen molar-refractivity contribution in [1.29, 1.82) is 0 Å². The number of carboxylic acids is 1. The number of aromatic carboxylic acids is 1. The first-order valence-electron chi connectivity index (χ1n) is 9.20. The number of carbonyl (C=O) groups is 1. The summed E-state index contributed by atoms with van der Waals surface area (Å²) in [6.07, 6.45) is 0.404. The first-order chi connectivity index (χ1) is 13.0. The van der Waals surface area contributed by atoms with Crippen LogP contribution in [-0.2, 0) is 6.42 Å². The van der Waals surface area contributed by atoms with Gasteiger partial charge in [0.05, 0.1) is 5.69 Å². The molecule has 150 valence electrons. The average molecular weight is 406 g/mol. The molecule has 1 aromatic heterocycles. The van der Waals surface area contributed by atoms with E-state index in [1.807, 2.05) is 38.2 Å². The van der Waals surface area contributed by atoms with Crippen molar-refractivity contribution in [3.05, 3.63) is 45.7 Å². The Kier molecular flexibility index (Phi) is 5.41. The Morgan fingerprint density at radius 2 is 1.86 bits per heavy atom. The molecule has 0 bridgehead atoms. The second-order valence-electron chi connectivity index (χ2n) is 7.28. The van der Waals surface area contributed by atoms with Gasteiger partial charge >= 0.3 is 5.97 Å². The molecular weight excluding hydrogens is 382 g/mol. The van der Waals surface area contributed by atoms with E-state index in [4.69, 9.17) is 5.11 Å². The molecule has 2 heterocycles. The molecule has 4 N–H and O–H groups in total. The van der Waals surface area contributed by atoms with Gasteiger partial charge in [-0.05, 0) is 43.0 Å². The Bertz CT molecular complexity index is 945. The number of rotatable bonds is 5. The maximum atomic E-state index is 12.1. The first-order valence-corrected chi connectivity index (χ1v) is 9.20. The molecule has 2 fully saturated rings. The summed E-state index contributed by atoms with van der Waals surface area (Å²) in [5.41, 5.74) is 1.37. The van der Waals surface area contributed by atoms with Crippen LogP contribution in [0.2, 0.25) is 0 Å². The Balaban J connectivity index is 0.00000225. The highest BCUT2D eigenvalue weighted by Crippen LogP contribution is 2.46. The minimum atomic E-state index is -1.43. The number of pyridine rings is 1. The molecular formula is C20H24ClN3O4. The van der Waals surface area contributed by atoms with Gasteiger partial charge in [-0.2, -0.15) is 0 Å². The summed E-state index contributed by atoms with van der Waals surface area (Å²) >= 11 is 0. The fourth-order valence-electron chi connectivity index (χ4n) is 4.42. The molecule has 2 aliphatic rings. The number of hydrogen-bond donors (Lipinski definition) is 4. The maximum absolute atomic E-state index is 12.1. The summed E-state index contributed by atoms with van der Waals surface area (Å²) < 4.78 is 0. The van der Waals surface area contributed by atoms with E-state index in [9.17, 15) is 14.7 Å². The normalized spacial score (nSPS) is 22.5. The lowest BCUT2D eigenvalue weighted by Gasteiger charge is -2.22. The lowest BCUT2D eigenvalue weighted by atomic mass is 10.0. The Morgan fingerprint density at radius 3 is 2.36 bits per heavy atom. The van der Waals surface area contributed by atoms with Crippen molar-refractivity contribution in [2.75, 3.05) is 25.0 Å². The second-order valence-corrected chi connectivity index (χ2v) is 7.28. The molecule has 1 saturated carbocycles. The number of anilines is 1. The van der Waals surface area contributed by atoms with Crippen LogP contribution in [0, 0.1) is 11.8 Å². The molecule has 1 aliphatic heterocycles. The third-order valence-corrected chi connectivity index (χ3v) is 5.91. The highest BCUT2D eigenvalue weighted by atomic mass is 35.5. The SMILES string of the molecule is CCc1c(-c2ccc(N3C[C@@H]4[C@H](C3)[C@@H]4NC)cc2)[nH]c(=O)c(C(=O)O)c1O.Cl. The zero-order valence-electron chi connectivity index (χ0n) is 15.7. The van der Waals surface area contributed by atoms with E-state index in [0.717, 1.165) is 36.2 Å². The van der Waals surface area contributed by atoms with E-state index >= 15 is 0 Å². The van der Waals surface area contributed by atoms with Crippen molar-refractivity contribution in [3.8, 4) is 17.0 Å². The van der Waals surface area contributed by atoms with Crippen LogP contribution in [0.1, 0.15) is 22.8 Å². The van der Waals surface area contributed by atoms with E-state index < -0.39 is 22.8 Å². The molecule has 0 radical (unpaired) electrons. The number of H-pyrrole nitrogens is 1. The lowest BCUT2D eigenvalue weighted by molar-refractivity contribution is 0.0691. The van der Waals surface area contributed by atoms with Crippen LogP contribution in [0.25, 0.3) is 11.3 Å². The van der Waals surface area contributed by atoms with Crippen LogP contribution in [-0.4, -0.2) is 47.3 Å². The standard InChI is InChI=1S/C20H23N3O4.ClH/c1-3-12-16(22-19(25)15(18(12)24)20(26)27)10-4-6-11(7-5-10)23-8-13-14(9-23)17(13)21-2;/h4-7,13-14,17,21H,3,8-9H2,1-2H3,(H,26,27)(H2,22,24,25);1H/t13-,14+,17-;. The van der Waals surface area contributed by atoms with Crippen LogP contribution >= 0.6 is 12.4 Å². The van der Waals surface area contributed by atoms with Gasteiger partial charge in [0.15, 0.2) is 5.56 Å². The van der Waals surface area contributed by atoms with Crippen molar-refractivity contribution in [2.24, 2.45) is 11.8 Å². The predicted molar refractivity (Wildman–Crippen MR) is 110 cm³/mol. The maximum Gasteiger partial charge on any atom is 0.345 e. The largest absolute Gasteiger partial charge is 0.506 e. The molecule has 1 saturated heterocycles. The number of nitrogens with one attached hydrogen (secondary N) is 2. The number of piperidine rings is 1. The minimum absolute atomic E-state index is 0. The monoisotopic (exact) mass is 405 g/mol. The van der Waals surface area contributed by atoms with Crippen LogP contribution in [0.4, 0.5) is 5.69 Å². The summed E-state index contributed by atoms with van der Waals surface area (Å²) in [5.74, 6) is -0.445. The molecule has 0 unspecified atom stereocenters. The van der Waals surface area contributed by atoms with Gasteiger partial charge in [-0.3, -0.25) is 4.79 Å². The zero-order valence-corrected chi connectivity index (χ0v) is 16.5. The van der Waals surface area contributed by atoms with Gasteiger partial charge in [-0.25, -0.2) is 4.79 Å². The highest BCUT2D eigenvalue weighted by molar-refractivity contribution is 5.92. The van der Waals surface area contributed by atoms with Gasteiger partial charge in [0, 0.05) is 30.4 Å². The average Bonchev–Trinajstić information content (AvgIpc) is 3.12. The summed E-state index contributed by atoms with van der Waals surface area (Å²) in [6, 6.07) is 8.47. The number of fused-ring (bicyclic) bond motifs is 1. The van der Waals surface area contributed by atoms with Gasteiger partial charge < -0.3 is 25.4 Å². The fraction of sp³-hybridized carbons (Fsp3) is 0.400. The van der Waals surface area contributed by atoms with Crippen LogP contribution in [0.15, 0.2) is 29.1 Å². The topological polar surface area (TPSA) is 106 Å². The molecule has 7 nitrogen and oxygen atoms in total. The molecule has 0 amide bonds. The fourth-order valence-corrected chi connectivity index (χ4v) is 4.42. The molecule has 1 aliphatic carbocycles. The number of nitrogens with zero attached hydrogens (tertiary/aromatic N) is 1. The third kappa shape index (κ3) is 3.14. The lowest BCUT2D eigenvalue weighted by Crippen LogP contribution is -2.29. The Labute approximate surface area is 168 Å². The van der Waals surface area contributed by atoms with E-state index in [2.05, 4.69) is 15.2 Å². The molecule has 1 aromatic carbocycles. The van der Waals surface area contributed by atoms with Crippen molar-refractivity contribution < 1.29 is 15.0 Å². The Morgan fingerprint density at radius 1 is 1.25 bits per heavy atom. The third-order valence-electron chi connectivity index (χ3n) is 5.91. The van der Waals surface area contributed by atoms with Gasteiger partial charge in [-0.1, -0.05) is 19.1 Å². The van der Waals surface area contributed by atoms with Gasteiger partial charge in [0.2, 0.25) is 0 Å². The number of carboxylic acid groups (broad SMARTS) is 1. The molecule has 0 spiro atoms. The van der Waals surface area contributed by atoms with Crippen molar-refractivity contribution in [2.45, 2.75) is 19.4 Å². The zero-order chi connectivity index (χ0) is 19.3. The number of benzene rings is 1. The van der Waals surface area contributed by atoms with Gasteiger partial charge in [-0.15, -0.1) is 12.4 Å². The first kappa shape index (κ1) is 20.2. The van der Waals surface area contributed by atoms with Crippen LogP contribution in [0.5, 0.6) is 5.75 Å². The number of hydrogen-bond acceptors (Lipinski definition) is 5. The molecule has 8 heteroatoms. The molecule has 4 rings (SSSR count). The second kappa shape index (κ2) is 7.48. The van der Waals surface area contributed by atoms with Crippen molar-refractivity contribution in [3.63, 3.8) is 0 Å². The van der Waals surface area contributed by atoms with E-state index in [1.54, 1.807) is 0 Å². The summed E-state index contributed by atoms with van der Waals surface area (Å²) in [6.45, 7) is 3.90. The van der Waals surface area contributed by atoms with Gasteiger partial charge in [0.1, 0.15) is 5.75 Å². The number of aromatic amines is 1. The smallest absolute Gasteiger partial charge is 0.345 e. The van der Waals surface area contributed by atoms with Gasteiger partial charge in [0.25, 0.3) is 5.56 Å². The van der Waals surface area contributed by atoms with E-state index in [-0.39, 0.29) is 12.4 Å². The molecule has 2 aromatic rings. The van der Waals surface area contributed by atoms with E-state index in [1.165, 1.54) is 0 Å². The highest BCUT2D eigenvalue weighted by Gasteiger charge is 2.54. The number of aromatic hydroxyl groups is 1. The minimum Gasteiger partial charge on any atom is -0.506 e.